The predicted octanol–water partition coefficient (Wildman–Crippen LogP) is 7.59. The first-order valence-corrected chi connectivity index (χ1v) is 14.5. The molecule has 4 aromatic carbocycles. The summed E-state index contributed by atoms with van der Waals surface area (Å²) in [5.74, 6) is -0.979. The van der Waals surface area contributed by atoms with Crippen molar-refractivity contribution in [1.29, 1.82) is 0 Å². The molecule has 0 fully saturated rings. The van der Waals surface area contributed by atoms with Gasteiger partial charge in [0.15, 0.2) is 0 Å². The Kier molecular flexibility index (Phi) is 10.2. The molecule has 0 unspecified atom stereocenters. The maximum absolute atomic E-state index is 14.6. The summed E-state index contributed by atoms with van der Waals surface area (Å²) in [4.78, 5) is 28.9. The second kappa shape index (κ2) is 13.8. The van der Waals surface area contributed by atoms with Gasteiger partial charge in [0.1, 0.15) is 0 Å². The van der Waals surface area contributed by atoms with Crippen molar-refractivity contribution < 1.29 is 35.9 Å². The Morgan fingerprint density at radius 1 is 0.511 bits per heavy atom. The van der Waals surface area contributed by atoms with Crippen molar-refractivity contribution >= 4 is 34.6 Å². The molecule has 0 bridgehead atoms. The minimum Gasteiger partial charge on any atom is -0.378 e. The highest BCUT2D eigenvalue weighted by molar-refractivity contribution is 5.93. The van der Waals surface area contributed by atoms with Gasteiger partial charge in [-0.3, -0.25) is 9.59 Å². The highest BCUT2D eigenvalue weighted by Crippen LogP contribution is 2.56. The number of carbonyl (C=O) groups excluding carboxylic acids is 2. The second-order valence-electron chi connectivity index (χ2n) is 11.5. The zero-order chi connectivity index (χ0) is 34.6. The molecule has 0 atom stereocenters. The molecule has 0 aliphatic heterocycles. The van der Waals surface area contributed by atoms with Crippen LogP contribution in [0.25, 0.3) is 0 Å². The Hall–Kier alpha value is -5.00. The maximum atomic E-state index is 14.6. The predicted molar refractivity (Wildman–Crippen MR) is 172 cm³/mol. The Morgan fingerprint density at radius 3 is 1.06 bits per heavy atom. The number of nitrogens with one attached hydrogen (secondary N) is 2. The third kappa shape index (κ3) is 7.87. The average molecular weight is 657 g/mol. The molecule has 2 amide bonds. The zero-order valence-electron chi connectivity index (χ0n) is 26.1. The van der Waals surface area contributed by atoms with Crippen LogP contribution in [0.2, 0.25) is 0 Å². The fourth-order valence-electron chi connectivity index (χ4n) is 5.19. The van der Waals surface area contributed by atoms with Gasteiger partial charge in [-0.05, 0) is 70.8 Å². The highest BCUT2D eigenvalue weighted by atomic mass is 19.4. The summed E-state index contributed by atoms with van der Waals surface area (Å²) in [5.41, 5.74) is -3.26. The fraction of sp³-hybridized carbons (Fsp3) is 0.257. The average Bonchev–Trinajstić information content (AvgIpc) is 2.98. The smallest absolute Gasteiger partial charge is 0.378 e. The number of hydrogen-bond donors (Lipinski definition) is 2. The number of nitrogens with zero attached hydrogens (tertiary/aromatic N) is 2. The second-order valence-corrected chi connectivity index (χ2v) is 11.5. The lowest BCUT2D eigenvalue weighted by Gasteiger charge is -2.38. The van der Waals surface area contributed by atoms with Crippen LogP contribution in [0.4, 0.5) is 49.1 Å². The molecule has 0 spiro atoms. The molecule has 0 aromatic heterocycles. The van der Waals surface area contributed by atoms with Crippen LogP contribution in [0.3, 0.4) is 0 Å². The first-order valence-electron chi connectivity index (χ1n) is 14.5. The van der Waals surface area contributed by atoms with Crippen LogP contribution in [0.5, 0.6) is 0 Å². The number of rotatable bonds is 10. The lowest BCUT2D eigenvalue weighted by atomic mass is 9.73. The molecule has 0 aliphatic carbocycles. The zero-order valence-corrected chi connectivity index (χ0v) is 26.1. The molecule has 6 nitrogen and oxygen atoms in total. The van der Waals surface area contributed by atoms with Crippen molar-refractivity contribution in [2.24, 2.45) is 0 Å². The molecule has 4 rings (SSSR count). The molecule has 47 heavy (non-hydrogen) atoms. The van der Waals surface area contributed by atoms with E-state index >= 15 is 0 Å². The Bertz CT molecular complexity index is 1540. The Labute approximate surface area is 269 Å². The van der Waals surface area contributed by atoms with Crippen LogP contribution in [-0.4, -0.2) is 52.4 Å². The molecular weight excluding hydrogens is 622 g/mol. The number of anilines is 4. The first kappa shape index (κ1) is 34.9. The van der Waals surface area contributed by atoms with Crippen molar-refractivity contribution in [3.63, 3.8) is 0 Å². The van der Waals surface area contributed by atoms with Crippen molar-refractivity contribution in [2.75, 3.05) is 48.6 Å². The lowest BCUT2D eigenvalue weighted by Crippen LogP contribution is -2.54. The van der Waals surface area contributed by atoms with Gasteiger partial charge in [0.05, 0.1) is 12.8 Å². The van der Waals surface area contributed by atoms with E-state index in [0.29, 0.717) is 35.4 Å². The van der Waals surface area contributed by atoms with E-state index in [1.54, 1.807) is 24.3 Å². The van der Waals surface area contributed by atoms with Gasteiger partial charge >= 0.3 is 12.4 Å². The monoisotopic (exact) mass is 656 g/mol. The third-order valence-corrected chi connectivity index (χ3v) is 7.69. The normalized spacial score (nSPS) is 12.0. The molecule has 0 saturated heterocycles. The van der Waals surface area contributed by atoms with Crippen LogP contribution in [-0.2, 0) is 27.8 Å². The molecule has 2 N–H and O–H groups in total. The SMILES string of the molecule is CN(C)c1ccc(CC(=O)Nc2ccc(C(c3ccc(NC(=O)Cc4ccc(N(C)C)cc4)cc3)(C(F)(F)F)C(F)(F)F)cc2)cc1. The molecule has 0 radical (unpaired) electrons. The van der Waals surface area contributed by atoms with E-state index in [0.717, 1.165) is 35.6 Å². The Morgan fingerprint density at radius 2 is 0.809 bits per heavy atom. The summed E-state index contributed by atoms with van der Waals surface area (Å²) < 4.78 is 87.8. The molecule has 248 valence electrons. The van der Waals surface area contributed by atoms with Crippen LogP contribution in [0.15, 0.2) is 97.1 Å². The highest BCUT2D eigenvalue weighted by Gasteiger charge is 2.72. The van der Waals surface area contributed by atoms with Crippen molar-refractivity contribution in [1.82, 2.24) is 0 Å². The van der Waals surface area contributed by atoms with Gasteiger partial charge in [0, 0.05) is 50.9 Å². The van der Waals surface area contributed by atoms with Crippen molar-refractivity contribution in [2.45, 2.75) is 30.6 Å². The van der Waals surface area contributed by atoms with Crippen LogP contribution in [0.1, 0.15) is 22.3 Å². The summed E-state index contributed by atoms with van der Waals surface area (Å²) in [5, 5.41) is 5.04. The number of benzene rings is 4. The van der Waals surface area contributed by atoms with Gasteiger partial charge in [-0.1, -0.05) is 48.5 Å². The van der Waals surface area contributed by atoms with Gasteiger partial charge in [-0.25, -0.2) is 0 Å². The topological polar surface area (TPSA) is 64.7 Å². The van der Waals surface area contributed by atoms with E-state index in [1.807, 2.05) is 62.3 Å². The fourth-order valence-corrected chi connectivity index (χ4v) is 5.19. The van der Waals surface area contributed by atoms with E-state index in [4.69, 9.17) is 0 Å². The molecule has 0 heterocycles. The van der Waals surface area contributed by atoms with E-state index in [2.05, 4.69) is 10.6 Å². The first-order chi connectivity index (χ1) is 22.0. The van der Waals surface area contributed by atoms with E-state index in [9.17, 15) is 35.9 Å². The molecule has 0 saturated carbocycles. The number of halogens is 6. The molecular formula is C35H34F6N4O2. The molecule has 0 aliphatic rings. The summed E-state index contributed by atoms with van der Waals surface area (Å²) in [6.07, 6.45) is -11.7. The van der Waals surface area contributed by atoms with E-state index < -0.39 is 40.7 Å². The standard InChI is InChI=1S/C35H34F6N4O2/c1-44(2)29-17-5-23(6-18-29)21-31(46)42-27-13-9-25(10-14-27)33(34(36,37)38,35(39,40)41)26-11-15-28(16-12-26)43-32(47)22-24-7-19-30(20-8-24)45(3)4/h5-20H,21-22H2,1-4H3,(H,42,46)(H,43,47). The number of hydrogen-bond acceptors (Lipinski definition) is 4. The molecule has 12 heteroatoms. The van der Waals surface area contributed by atoms with Crippen molar-refractivity contribution in [3.8, 4) is 0 Å². The number of amides is 2. The minimum atomic E-state index is -5.79. The maximum Gasteiger partial charge on any atom is 0.411 e. The Balaban J connectivity index is 1.54. The van der Waals surface area contributed by atoms with E-state index in [-0.39, 0.29) is 24.2 Å². The van der Waals surface area contributed by atoms with Gasteiger partial charge in [-0.15, -0.1) is 0 Å². The summed E-state index contributed by atoms with van der Waals surface area (Å²) in [7, 11) is 7.45. The summed E-state index contributed by atoms with van der Waals surface area (Å²) in [6.45, 7) is 0. The van der Waals surface area contributed by atoms with Crippen LogP contribution < -0.4 is 20.4 Å². The van der Waals surface area contributed by atoms with Gasteiger partial charge in [0.25, 0.3) is 0 Å². The van der Waals surface area contributed by atoms with Crippen LogP contribution >= 0.6 is 0 Å². The van der Waals surface area contributed by atoms with Gasteiger partial charge < -0.3 is 20.4 Å². The largest absolute Gasteiger partial charge is 0.411 e. The van der Waals surface area contributed by atoms with Gasteiger partial charge in [-0.2, -0.15) is 26.3 Å². The molecule has 4 aromatic rings. The third-order valence-electron chi connectivity index (χ3n) is 7.69. The lowest BCUT2D eigenvalue weighted by molar-refractivity contribution is -0.288. The van der Waals surface area contributed by atoms with Crippen molar-refractivity contribution in [3.05, 3.63) is 119 Å². The quantitative estimate of drug-likeness (QED) is 0.173. The van der Waals surface area contributed by atoms with E-state index in [1.165, 1.54) is 0 Å². The summed E-state index contributed by atoms with van der Waals surface area (Å²) in [6, 6.07) is 21.1. The summed E-state index contributed by atoms with van der Waals surface area (Å²) >= 11 is 0. The number of carbonyl (C=O) groups is 2. The van der Waals surface area contributed by atoms with Crippen LogP contribution in [0, 0.1) is 0 Å². The number of alkyl halides is 6. The minimum absolute atomic E-state index is 0.0383. The van der Waals surface area contributed by atoms with Gasteiger partial charge in [0.2, 0.25) is 17.2 Å².